The van der Waals surface area contributed by atoms with E-state index >= 15 is 0 Å². The summed E-state index contributed by atoms with van der Waals surface area (Å²) in [7, 11) is 0. The van der Waals surface area contributed by atoms with Crippen LogP contribution in [0.5, 0.6) is 0 Å². The molecule has 2 fully saturated rings. The van der Waals surface area contributed by atoms with Crippen molar-refractivity contribution in [2.45, 2.75) is 62.7 Å². The second-order valence-corrected chi connectivity index (χ2v) is 8.69. The van der Waals surface area contributed by atoms with Gasteiger partial charge in [0.15, 0.2) is 5.65 Å². The molecule has 33 heavy (non-hydrogen) atoms. The summed E-state index contributed by atoms with van der Waals surface area (Å²) in [6.45, 7) is 0. The summed E-state index contributed by atoms with van der Waals surface area (Å²) in [4.78, 5) is 27.7. The summed E-state index contributed by atoms with van der Waals surface area (Å²) in [6.07, 6.45) is -3.68. The summed E-state index contributed by atoms with van der Waals surface area (Å²) in [5, 5.41) is 17.7. The molecule has 0 aromatic carbocycles. The minimum absolute atomic E-state index is 0.0403. The molecule has 2 aromatic rings. The number of carboxylic acid groups (broad SMARTS) is 1. The molecule has 2 aromatic heterocycles. The fourth-order valence-electron chi connectivity index (χ4n) is 4.57. The Morgan fingerprint density at radius 3 is 2.64 bits per heavy atom. The van der Waals surface area contributed by atoms with Crippen molar-refractivity contribution in [2.24, 2.45) is 11.8 Å². The van der Waals surface area contributed by atoms with Crippen molar-refractivity contribution in [3.63, 3.8) is 0 Å². The number of hydrogen-bond acceptors (Lipinski definition) is 4. The molecule has 0 radical (unpaired) electrons. The van der Waals surface area contributed by atoms with Gasteiger partial charge in [-0.25, -0.2) is 23.1 Å². The predicted molar refractivity (Wildman–Crippen MR) is 104 cm³/mol. The molecule has 3 heterocycles. The lowest BCUT2D eigenvalue weighted by atomic mass is 9.81. The Hall–Kier alpha value is -2.99. The first-order valence-corrected chi connectivity index (χ1v) is 10.5. The number of fused-ring (bicyclic) bond motifs is 1. The SMILES string of the molecule is O=C(O)N[C@H](c1cn2ncc(CC3C[C@@H](C(F)(F)F)NC3=O)cc2n1)C1CCC(F)(F)CC1. The van der Waals surface area contributed by atoms with Crippen LogP contribution in [0.3, 0.4) is 0 Å². The number of halogens is 5. The monoisotopic (exact) mass is 475 g/mol. The van der Waals surface area contributed by atoms with Crippen molar-refractivity contribution in [3.05, 3.63) is 29.7 Å². The highest BCUT2D eigenvalue weighted by molar-refractivity contribution is 5.81. The summed E-state index contributed by atoms with van der Waals surface area (Å²) in [5.41, 5.74) is 1.13. The van der Waals surface area contributed by atoms with Gasteiger partial charge in [0.25, 0.3) is 0 Å². The van der Waals surface area contributed by atoms with E-state index in [2.05, 4.69) is 15.4 Å². The van der Waals surface area contributed by atoms with E-state index in [0.717, 1.165) is 0 Å². The third-order valence-electron chi connectivity index (χ3n) is 6.31. The Kier molecular flexibility index (Phi) is 5.91. The number of imidazole rings is 1. The summed E-state index contributed by atoms with van der Waals surface area (Å²) in [6, 6.07) is -1.12. The van der Waals surface area contributed by atoms with Gasteiger partial charge in [0.05, 0.1) is 24.1 Å². The Bertz CT molecular complexity index is 1050. The van der Waals surface area contributed by atoms with Crippen molar-refractivity contribution in [1.82, 2.24) is 25.2 Å². The standard InChI is InChI=1S/C20H22F5N5O3/c21-19(22)3-1-11(2-4-19)16(29-18(32)33)13-9-30-15(27-13)6-10(8-26-30)5-12-7-14(20(23,24)25)28-17(12)31/h6,8-9,11-12,14,16,29H,1-5,7H2,(H,28,31)(H,32,33)/t12?,14-,16-/m0/s1. The average molecular weight is 475 g/mol. The number of aromatic nitrogens is 3. The quantitative estimate of drug-likeness (QED) is 0.574. The van der Waals surface area contributed by atoms with Gasteiger partial charge < -0.3 is 15.7 Å². The summed E-state index contributed by atoms with van der Waals surface area (Å²) in [5.74, 6) is -4.68. The Morgan fingerprint density at radius 2 is 2.03 bits per heavy atom. The van der Waals surface area contributed by atoms with Crippen molar-refractivity contribution < 1.29 is 36.6 Å². The van der Waals surface area contributed by atoms with Gasteiger partial charge in [0.1, 0.15) is 6.04 Å². The molecule has 4 rings (SSSR count). The molecule has 180 valence electrons. The lowest BCUT2D eigenvalue weighted by Gasteiger charge is -2.32. The van der Waals surface area contributed by atoms with Crippen LogP contribution in [-0.2, 0) is 11.2 Å². The van der Waals surface area contributed by atoms with E-state index in [4.69, 9.17) is 0 Å². The van der Waals surface area contributed by atoms with E-state index in [9.17, 15) is 36.6 Å². The summed E-state index contributed by atoms with van der Waals surface area (Å²) >= 11 is 0. The highest BCUT2D eigenvalue weighted by Crippen LogP contribution is 2.41. The molecule has 8 nitrogen and oxygen atoms in total. The van der Waals surface area contributed by atoms with Crippen LogP contribution in [0.25, 0.3) is 5.65 Å². The van der Waals surface area contributed by atoms with Gasteiger partial charge in [0, 0.05) is 18.8 Å². The number of carbonyl (C=O) groups excluding carboxylic acids is 1. The number of amides is 2. The first kappa shape index (κ1) is 23.2. The summed E-state index contributed by atoms with van der Waals surface area (Å²) < 4.78 is 67.1. The van der Waals surface area contributed by atoms with Crippen molar-refractivity contribution in [2.75, 3.05) is 0 Å². The van der Waals surface area contributed by atoms with Gasteiger partial charge >= 0.3 is 12.3 Å². The van der Waals surface area contributed by atoms with Crippen LogP contribution in [0.15, 0.2) is 18.5 Å². The Labute approximate surface area is 184 Å². The first-order chi connectivity index (χ1) is 15.4. The molecule has 0 spiro atoms. The second kappa shape index (κ2) is 8.41. The second-order valence-electron chi connectivity index (χ2n) is 8.69. The molecule has 3 atom stereocenters. The van der Waals surface area contributed by atoms with Crippen molar-refractivity contribution in [3.8, 4) is 0 Å². The number of alkyl halides is 5. The van der Waals surface area contributed by atoms with E-state index in [1.165, 1.54) is 16.9 Å². The van der Waals surface area contributed by atoms with Crippen LogP contribution in [0.4, 0.5) is 26.7 Å². The van der Waals surface area contributed by atoms with Crippen LogP contribution in [0, 0.1) is 11.8 Å². The molecule has 0 bridgehead atoms. The minimum Gasteiger partial charge on any atom is -0.465 e. The van der Waals surface area contributed by atoms with Crippen LogP contribution < -0.4 is 10.6 Å². The zero-order chi connectivity index (χ0) is 24.0. The van der Waals surface area contributed by atoms with Gasteiger partial charge in [-0.1, -0.05) is 0 Å². The zero-order valence-corrected chi connectivity index (χ0v) is 17.3. The maximum absolute atomic E-state index is 13.5. The van der Waals surface area contributed by atoms with Gasteiger partial charge in [-0.3, -0.25) is 4.79 Å². The van der Waals surface area contributed by atoms with E-state index in [1.54, 1.807) is 6.07 Å². The van der Waals surface area contributed by atoms with Gasteiger partial charge in [-0.05, 0) is 43.2 Å². The molecule has 1 saturated heterocycles. The zero-order valence-electron chi connectivity index (χ0n) is 17.3. The lowest BCUT2D eigenvalue weighted by molar-refractivity contribution is -0.154. The smallest absolute Gasteiger partial charge is 0.408 e. The third kappa shape index (κ3) is 5.17. The number of carbonyl (C=O) groups is 2. The highest BCUT2D eigenvalue weighted by atomic mass is 19.4. The molecule has 13 heteroatoms. The first-order valence-electron chi connectivity index (χ1n) is 10.5. The normalized spacial score (nSPS) is 24.6. The maximum Gasteiger partial charge on any atom is 0.408 e. The van der Waals surface area contributed by atoms with Crippen LogP contribution in [0.1, 0.15) is 49.4 Å². The van der Waals surface area contributed by atoms with Gasteiger partial charge in [-0.15, -0.1) is 0 Å². The van der Waals surface area contributed by atoms with Crippen molar-refractivity contribution in [1.29, 1.82) is 0 Å². The van der Waals surface area contributed by atoms with E-state index < -0.39 is 42.1 Å². The van der Waals surface area contributed by atoms with E-state index in [-0.39, 0.29) is 44.4 Å². The molecule has 1 saturated carbocycles. The molecule has 1 aliphatic carbocycles. The van der Waals surface area contributed by atoms with Gasteiger partial charge in [-0.2, -0.15) is 18.3 Å². The van der Waals surface area contributed by atoms with Crippen LogP contribution >= 0.6 is 0 Å². The highest BCUT2D eigenvalue weighted by Gasteiger charge is 2.47. The molecular formula is C20H22F5N5O3. The fourth-order valence-corrected chi connectivity index (χ4v) is 4.57. The minimum atomic E-state index is -4.51. The largest absolute Gasteiger partial charge is 0.465 e. The van der Waals surface area contributed by atoms with E-state index in [1.807, 2.05) is 5.32 Å². The van der Waals surface area contributed by atoms with E-state index in [0.29, 0.717) is 16.9 Å². The topological polar surface area (TPSA) is 109 Å². The Balaban J connectivity index is 1.53. The molecule has 2 aliphatic rings. The Morgan fingerprint density at radius 1 is 1.33 bits per heavy atom. The average Bonchev–Trinajstić information content (AvgIpc) is 3.29. The number of rotatable bonds is 5. The predicted octanol–water partition coefficient (Wildman–Crippen LogP) is 3.47. The number of nitrogens with one attached hydrogen (secondary N) is 2. The van der Waals surface area contributed by atoms with Crippen LogP contribution in [0.2, 0.25) is 0 Å². The van der Waals surface area contributed by atoms with Crippen molar-refractivity contribution >= 4 is 17.6 Å². The molecule has 3 N–H and O–H groups in total. The number of hydrogen-bond donors (Lipinski definition) is 3. The lowest BCUT2D eigenvalue weighted by Crippen LogP contribution is -2.38. The maximum atomic E-state index is 13.5. The molecule has 2 amide bonds. The van der Waals surface area contributed by atoms with Gasteiger partial charge in [0.2, 0.25) is 11.8 Å². The van der Waals surface area contributed by atoms with Crippen LogP contribution in [-0.4, -0.2) is 49.8 Å². The number of nitrogens with zero attached hydrogens (tertiary/aromatic N) is 3. The molecule has 1 unspecified atom stereocenters. The molecular weight excluding hydrogens is 453 g/mol. The fraction of sp³-hybridized carbons (Fsp3) is 0.600. The molecule has 1 aliphatic heterocycles. The third-order valence-corrected chi connectivity index (χ3v) is 6.31.